The fourth-order valence-electron chi connectivity index (χ4n) is 1.98. The summed E-state index contributed by atoms with van der Waals surface area (Å²) in [4.78, 5) is 16.1. The summed E-state index contributed by atoms with van der Waals surface area (Å²) < 4.78 is 0. The van der Waals surface area contributed by atoms with Crippen molar-refractivity contribution in [2.75, 3.05) is 18.9 Å². The van der Waals surface area contributed by atoms with E-state index in [1.165, 1.54) is 0 Å². The van der Waals surface area contributed by atoms with Crippen molar-refractivity contribution < 1.29 is 4.79 Å². The molecule has 1 aromatic heterocycles. The average Bonchev–Trinajstić information content (AvgIpc) is 2.44. The van der Waals surface area contributed by atoms with Crippen molar-refractivity contribution in [1.82, 2.24) is 10.3 Å². The summed E-state index contributed by atoms with van der Waals surface area (Å²) in [7, 11) is 1.65. The van der Waals surface area contributed by atoms with Crippen molar-refractivity contribution in [3.05, 3.63) is 36.5 Å². The van der Waals surface area contributed by atoms with Crippen LogP contribution in [-0.4, -0.2) is 24.5 Å². The van der Waals surface area contributed by atoms with E-state index in [1.54, 1.807) is 13.2 Å². The van der Waals surface area contributed by atoms with Gasteiger partial charge >= 0.3 is 0 Å². The van der Waals surface area contributed by atoms with Crippen molar-refractivity contribution in [1.29, 1.82) is 0 Å². The zero-order chi connectivity index (χ0) is 13.9. The number of hydrogen-bond donors (Lipinski definition) is 2. The number of carbonyl (C=O) groups is 1. The molecule has 0 unspecified atom stereocenters. The molecule has 0 aliphatic heterocycles. The molecule has 2 N–H and O–H groups in total. The SMILES string of the molecule is CNC(=O)C(C)(C)CNc1nccc2ccccc12. The van der Waals surface area contributed by atoms with Gasteiger partial charge in [-0.05, 0) is 25.3 Å². The van der Waals surface area contributed by atoms with E-state index < -0.39 is 5.41 Å². The molecule has 0 aliphatic rings. The van der Waals surface area contributed by atoms with Crippen molar-refractivity contribution in [2.24, 2.45) is 5.41 Å². The van der Waals surface area contributed by atoms with Gasteiger partial charge in [-0.25, -0.2) is 4.98 Å². The molecule has 19 heavy (non-hydrogen) atoms. The number of pyridine rings is 1. The van der Waals surface area contributed by atoms with Gasteiger partial charge in [-0.3, -0.25) is 4.79 Å². The number of benzene rings is 1. The number of aromatic nitrogens is 1. The molecular formula is C15H19N3O. The number of anilines is 1. The molecule has 1 heterocycles. The third-order valence-corrected chi connectivity index (χ3v) is 3.21. The van der Waals surface area contributed by atoms with Gasteiger partial charge in [-0.15, -0.1) is 0 Å². The highest BCUT2D eigenvalue weighted by atomic mass is 16.2. The van der Waals surface area contributed by atoms with E-state index in [0.717, 1.165) is 16.6 Å². The van der Waals surface area contributed by atoms with Crippen LogP contribution in [0, 0.1) is 5.41 Å². The molecule has 2 aromatic rings. The number of hydrogen-bond acceptors (Lipinski definition) is 3. The Kier molecular flexibility index (Phi) is 3.69. The second-order valence-electron chi connectivity index (χ2n) is 5.20. The fourth-order valence-corrected chi connectivity index (χ4v) is 1.98. The Morgan fingerprint density at radius 3 is 2.74 bits per heavy atom. The first kappa shape index (κ1) is 13.3. The quantitative estimate of drug-likeness (QED) is 0.884. The van der Waals surface area contributed by atoms with Gasteiger partial charge in [0.2, 0.25) is 5.91 Å². The van der Waals surface area contributed by atoms with Crippen LogP contribution in [0.3, 0.4) is 0 Å². The maximum Gasteiger partial charge on any atom is 0.227 e. The average molecular weight is 257 g/mol. The zero-order valence-corrected chi connectivity index (χ0v) is 11.5. The van der Waals surface area contributed by atoms with Crippen molar-refractivity contribution in [3.63, 3.8) is 0 Å². The summed E-state index contributed by atoms with van der Waals surface area (Å²) in [5.74, 6) is 0.829. The van der Waals surface area contributed by atoms with Gasteiger partial charge in [0.25, 0.3) is 0 Å². The molecule has 0 saturated heterocycles. The Morgan fingerprint density at radius 1 is 1.26 bits per heavy atom. The van der Waals surface area contributed by atoms with Crippen LogP contribution in [0.15, 0.2) is 36.5 Å². The maximum atomic E-state index is 11.7. The van der Waals surface area contributed by atoms with E-state index in [2.05, 4.69) is 15.6 Å². The Morgan fingerprint density at radius 2 is 2.00 bits per heavy atom. The number of nitrogens with zero attached hydrogens (tertiary/aromatic N) is 1. The van der Waals surface area contributed by atoms with Gasteiger partial charge in [0.05, 0.1) is 5.41 Å². The number of rotatable bonds is 4. The maximum absolute atomic E-state index is 11.7. The van der Waals surface area contributed by atoms with E-state index in [9.17, 15) is 4.79 Å². The van der Waals surface area contributed by atoms with E-state index in [0.29, 0.717) is 6.54 Å². The first-order chi connectivity index (χ1) is 9.04. The standard InChI is InChI=1S/C15H19N3O/c1-15(2,14(19)16-3)10-18-13-12-7-5-4-6-11(12)8-9-17-13/h4-9H,10H2,1-3H3,(H,16,19)(H,17,18). The van der Waals surface area contributed by atoms with Gasteiger partial charge in [0, 0.05) is 25.2 Å². The largest absolute Gasteiger partial charge is 0.369 e. The summed E-state index contributed by atoms with van der Waals surface area (Å²) >= 11 is 0. The Labute approximate surface area is 113 Å². The third-order valence-electron chi connectivity index (χ3n) is 3.21. The minimum atomic E-state index is -0.479. The monoisotopic (exact) mass is 257 g/mol. The highest BCUT2D eigenvalue weighted by Gasteiger charge is 2.26. The van der Waals surface area contributed by atoms with Crippen LogP contribution in [0.25, 0.3) is 10.8 Å². The van der Waals surface area contributed by atoms with Crippen LogP contribution >= 0.6 is 0 Å². The molecule has 0 bridgehead atoms. The molecule has 0 fully saturated rings. The highest BCUT2D eigenvalue weighted by molar-refractivity contribution is 5.92. The second kappa shape index (κ2) is 5.26. The van der Waals surface area contributed by atoms with Crippen molar-refractivity contribution >= 4 is 22.5 Å². The smallest absolute Gasteiger partial charge is 0.227 e. The number of carbonyl (C=O) groups excluding carboxylic acids is 1. The van der Waals surface area contributed by atoms with E-state index in [1.807, 2.05) is 44.2 Å². The molecule has 0 atom stereocenters. The zero-order valence-electron chi connectivity index (χ0n) is 11.5. The topological polar surface area (TPSA) is 54.0 Å². The Bertz CT molecular complexity index is 587. The molecule has 0 radical (unpaired) electrons. The number of amides is 1. The van der Waals surface area contributed by atoms with E-state index >= 15 is 0 Å². The minimum absolute atomic E-state index is 0.0141. The lowest BCUT2D eigenvalue weighted by Gasteiger charge is -2.23. The number of fused-ring (bicyclic) bond motifs is 1. The molecule has 4 heteroatoms. The van der Waals surface area contributed by atoms with Gasteiger partial charge in [-0.1, -0.05) is 24.3 Å². The summed E-state index contributed by atoms with van der Waals surface area (Å²) in [6, 6.07) is 10.0. The van der Waals surface area contributed by atoms with Crippen LogP contribution in [-0.2, 0) is 4.79 Å². The first-order valence-electron chi connectivity index (χ1n) is 6.34. The van der Waals surface area contributed by atoms with Crippen molar-refractivity contribution in [2.45, 2.75) is 13.8 Å². The molecule has 100 valence electrons. The summed E-state index contributed by atoms with van der Waals surface area (Å²) in [6.45, 7) is 4.35. The summed E-state index contributed by atoms with van der Waals surface area (Å²) in [5.41, 5.74) is -0.479. The second-order valence-corrected chi connectivity index (χ2v) is 5.20. The minimum Gasteiger partial charge on any atom is -0.369 e. The molecule has 1 amide bonds. The fraction of sp³-hybridized carbons (Fsp3) is 0.333. The van der Waals surface area contributed by atoms with Gasteiger partial charge < -0.3 is 10.6 Å². The van der Waals surface area contributed by atoms with Crippen LogP contribution in [0.5, 0.6) is 0 Å². The highest BCUT2D eigenvalue weighted by Crippen LogP contribution is 2.22. The molecule has 2 rings (SSSR count). The lowest BCUT2D eigenvalue weighted by molar-refractivity contribution is -0.128. The van der Waals surface area contributed by atoms with Gasteiger partial charge in [-0.2, -0.15) is 0 Å². The van der Waals surface area contributed by atoms with Crippen LogP contribution < -0.4 is 10.6 Å². The third kappa shape index (κ3) is 2.84. The molecule has 0 saturated carbocycles. The molecule has 0 aliphatic carbocycles. The lowest BCUT2D eigenvalue weighted by Crippen LogP contribution is -2.39. The Hall–Kier alpha value is -2.10. The predicted molar refractivity (Wildman–Crippen MR) is 78.1 cm³/mol. The van der Waals surface area contributed by atoms with E-state index in [4.69, 9.17) is 0 Å². The lowest BCUT2D eigenvalue weighted by atomic mass is 9.92. The Balaban J connectivity index is 2.21. The molecule has 4 nitrogen and oxygen atoms in total. The van der Waals surface area contributed by atoms with Crippen LogP contribution in [0.1, 0.15) is 13.8 Å². The summed E-state index contributed by atoms with van der Waals surface area (Å²) in [6.07, 6.45) is 1.78. The molecule has 1 aromatic carbocycles. The van der Waals surface area contributed by atoms with Gasteiger partial charge in [0.15, 0.2) is 0 Å². The van der Waals surface area contributed by atoms with Crippen LogP contribution in [0.2, 0.25) is 0 Å². The van der Waals surface area contributed by atoms with E-state index in [-0.39, 0.29) is 5.91 Å². The molecule has 0 spiro atoms. The van der Waals surface area contributed by atoms with Gasteiger partial charge in [0.1, 0.15) is 5.82 Å². The normalized spacial score (nSPS) is 11.3. The summed E-state index contributed by atoms with van der Waals surface area (Å²) in [5, 5.41) is 8.15. The number of nitrogens with one attached hydrogen (secondary N) is 2. The molecular weight excluding hydrogens is 238 g/mol. The van der Waals surface area contributed by atoms with Crippen LogP contribution in [0.4, 0.5) is 5.82 Å². The predicted octanol–water partition coefficient (Wildman–Crippen LogP) is 2.42. The van der Waals surface area contributed by atoms with Crippen molar-refractivity contribution in [3.8, 4) is 0 Å². The first-order valence-corrected chi connectivity index (χ1v) is 6.34.